The average Bonchev–Trinajstić information content (AvgIpc) is 2.48. The van der Waals surface area contributed by atoms with E-state index in [0.717, 1.165) is 12.5 Å². The van der Waals surface area contributed by atoms with Gasteiger partial charge in [0.2, 0.25) is 0 Å². The molecule has 2 fully saturated rings. The highest BCUT2D eigenvalue weighted by Gasteiger charge is 2.40. The largest absolute Gasteiger partial charge is 0.376 e. The number of likely N-dealkylation sites (tertiary alicyclic amines) is 1. The van der Waals surface area contributed by atoms with Crippen LogP contribution in [0.2, 0.25) is 0 Å². The molecule has 0 aromatic carbocycles. The van der Waals surface area contributed by atoms with E-state index in [0.29, 0.717) is 18.2 Å². The zero-order chi connectivity index (χ0) is 9.42. The fraction of sp³-hybridized carbons (Fsp3) is 0.818. The quantitative estimate of drug-likeness (QED) is 0.601. The summed E-state index contributed by atoms with van der Waals surface area (Å²) in [5, 5.41) is 0. The van der Waals surface area contributed by atoms with Crippen LogP contribution in [0.25, 0.3) is 0 Å². The molecule has 0 aliphatic carbocycles. The smallest absolute Gasteiger partial charge is 0.0770 e. The van der Waals surface area contributed by atoms with Crippen molar-refractivity contribution in [2.45, 2.75) is 38.5 Å². The van der Waals surface area contributed by atoms with Crippen molar-refractivity contribution in [1.29, 1.82) is 0 Å². The van der Waals surface area contributed by atoms with E-state index < -0.39 is 0 Å². The Balaban J connectivity index is 2.14. The second kappa shape index (κ2) is 3.43. The first-order chi connectivity index (χ1) is 6.22. The van der Waals surface area contributed by atoms with E-state index in [9.17, 15) is 0 Å². The molecule has 2 bridgehead atoms. The van der Waals surface area contributed by atoms with Crippen LogP contribution in [0.1, 0.15) is 20.3 Å². The molecule has 2 saturated heterocycles. The second-order valence-corrected chi connectivity index (χ2v) is 4.49. The summed E-state index contributed by atoms with van der Waals surface area (Å²) in [4.78, 5) is 2.51. The minimum atomic E-state index is 0.415. The van der Waals surface area contributed by atoms with Crippen LogP contribution >= 0.6 is 0 Å². The molecule has 2 heterocycles. The normalized spacial score (nSPS) is 39.8. The predicted molar refractivity (Wildman–Crippen MR) is 53.7 cm³/mol. The SMILES string of the molecule is C=C[C@H]1[C@H]2C[C@H](CO2)CN1C(C)C. The van der Waals surface area contributed by atoms with Crippen LogP contribution in [-0.4, -0.2) is 36.2 Å². The Hall–Kier alpha value is -0.340. The lowest BCUT2D eigenvalue weighted by Crippen LogP contribution is -2.50. The van der Waals surface area contributed by atoms with Crippen LogP contribution in [0.15, 0.2) is 12.7 Å². The number of nitrogens with zero attached hydrogens (tertiary/aromatic N) is 1. The van der Waals surface area contributed by atoms with Gasteiger partial charge < -0.3 is 4.74 Å². The highest BCUT2D eigenvalue weighted by Crippen LogP contribution is 2.32. The van der Waals surface area contributed by atoms with E-state index >= 15 is 0 Å². The molecule has 0 unspecified atom stereocenters. The first-order valence-electron chi connectivity index (χ1n) is 5.22. The van der Waals surface area contributed by atoms with Gasteiger partial charge in [-0.2, -0.15) is 0 Å². The monoisotopic (exact) mass is 181 g/mol. The number of hydrogen-bond acceptors (Lipinski definition) is 2. The van der Waals surface area contributed by atoms with E-state index in [1.54, 1.807) is 0 Å². The van der Waals surface area contributed by atoms with Crippen molar-refractivity contribution in [3.05, 3.63) is 12.7 Å². The molecular weight excluding hydrogens is 162 g/mol. The third-order valence-electron chi connectivity index (χ3n) is 3.25. The van der Waals surface area contributed by atoms with Crippen LogP contribution in [0.3, 0.4) is 0 Å². The molecule has 13 heavy (non-hydrogen) atoms. The van der Waals surface area contributed by atoms with E-state index in [2.05, 4.69) is 25.3 Å². The molecule has 3 atom stereocenters. The average molecular weight is 181 g/mol. The maximum absolute atomic E-state index is 5.75. The van der Waals surface area contributed by atoms with Crippen molar-refractivity contribution in [2.75, 3.05) is 13.2 Å². The van der Waals surface area contributed by atoms with Crippen LogP contribution < -0.4 is 0 Å². The molecule has 0 N–H and O–H groups in total. The van der Waals surface area contributed by atoms with E-state index in [1.165, 1.54) is 13.0 Å². The molecule has 74 valence electrons. The summed E-state index contributed by atoms with van der Waals surface area (Å²) < 4.78 is 5.75. The minimum absolute atomic E-state index is 0.415. The summed E-state index contributed by atoms with van der Waals surface area (Å²) in [5.74, 6) is 0.767. The maximum atomic E-state index is 5.75. The molecule has 2 aliphatic rings. The lowest BCUT2D eigenvalue weighted by atomic mass is 9.92. The van der Waals surface area contributed by atoms with Crippen molar-refractivity contribution in [1.82, 2.24) is 4.90 Å². The van der Waals surface area contributed by atoms with E-state index in [1.807, 2.05) is 6.08 Å². The van der Waals surface area contributed by atoms with Gasteiger partial charge in [0.1, 0.15) is 0 Å². The van der Waals surface area contributed by atoms with Crippen LogP contribution in [0.5, 0.6) is 0 Å². The molecule has 2 nitrogen and oxygen atoms in total. The van der Waals surface area contributed by atoms with Gasteiger partial charge in [-0.15, -0.1) is 6.58 Å². The molecule has 0 spiro atoms. The lowest BCUT2D eigenvalue weighted by molar-refractivity contribution is 0.0376. The van der Waals surface area contributed by atoms with E-state index in [4.69, 9.17) is 4.74 Å². The van der Waals surface area contributed by atoms with Gasteiger partial charge in [-0.1, -0.05) is 6.08 Å². The topological polar surface area (TPSA) is 12.5 Å². The van der Waals surface area contributed by atoms with Crippen molar-refractivity contribution in [3.63, 3.8) is 0 Å². The third kappa shape index (κ3) is 1.53. The van der Waals surface area contributed by atoms with Gasteiger partial charge in [0.25, 0.3) is 0 Å². The Morgan fingerprint density at radius 3 is 2.92 bits per heavy atom. The van der Waals surface area contributed by atoms with Crippen LogP contribution in [0.4, 0.5) is 0 Å². The zero-order valence-corrected chi connectivity index (χ0v) is 8.57. The molecule has 2 aliphatic heterocycles. The number of fused-ring (bicyclic) bond motifs is 2. The minimum Gasteiger partial charge on any atom is -0.376 e. The van der Waals surface area contributed by atoms with Crippen molar-refractivity contribution >= 4 is 0 Å². The molecule has 0 amide bonds. The standard InChI is InChI=1S/C11H19NO/c1-4-10-11-5-9(7-13-11)6-12(10)8(2)3/h4,8-11H,1,5-7H2,2-3H3/t9-,10-,11+/m0/s1. The van der Waals surface area contributed by atoms with Crippen molar-refractivity contribution in [2.24, 2.45) is 5.92 Å². The van der Waals surface area contributed by atoms with E-state index in [-0.39, 0.29) is 0 Å². The van der Waals surface area contributed by atoms with Gasteiger partial charge in [-0.3, -0.25) is 4.90 Å². The first-order valence-corrected chi connectivity index (χ1v) is 5.22. The van der Waals surface area contributed by atoms with Crippen LogP contribution in [0, 0.1) is 5.92 Å². The molecule has 2 rings (SSSR count). The molecule has 0 saturated carbocycles. The fourth-order valence-corrected chi connectivity index (χ4v) is 2.57. The molecule has 0 aromatic rings. The molecule has 2 heteroatoms. The Morgan fingerprint density at radius 2 is 2.31 bits per heavy atom. The Bertz CT molecular complexity index is 202. The number of hydrogen-bond donors (Lipinski definition) is 0. The fourth-order valence-electron chi connectivity index (χ4n) is 2.57. The summed E-state index contributed by atoms with van der Waals surface area (Å²) in [6.45, 7) is 10.6. The van der Waals surface area contributed by atoms with Gasteiger partial charge in [0.05, 0.1) is 18.8 Å². The number of piperidine rings is 1. The zero-order valence-electron chi connectivity index (χ0n) is 8.57. The van der Waals surface area contributed by atoms with Gasteiger partial charge in [-0.25, -0.2) is 0 Å². The summed E-state index contributed by atoms with van der Waals surface area (Å²) >= 11 is 0. The van der Waals surface area contributed by atoms with Crippen molar-refractivity contribution in [3.8, 4) is 0 Å². The Morgan fingerprint density at radius 1 is 1.54 bits per heavy atom. The number of rotatable bonds is 2. The predicted octanol–water partition coefficient (Wildman–Crippen LogP) is 1.67. The highest BCUT2D eigenvalue weighted by molar-refractivity contribution is 5.02. The van der Waals surface area contributed by atoms with Gasteiger partial charge in [0.15, 0.2) is 0 Å². The number of ether oxygens (including phenoxy) is 1. The first kappa shape index (κ1) is 9.22. The highest BCUT2D eigenvalue weighted by atomic mass is 16.5. The van der Waals surface area contributed by atoms with Crippen molar-refractivity contribution < 1.29 is 4.74 Å². The summed E-state index contributed by atoms with van der Waals surface area (Å²) in [6.07, 6.45) is 3.70. The summed E-state index contributed by atoms with van der Waals surface area (Å²) in [5.41, 5.74) is 0. The van der Waals surface area contributed by atoms with Gasteiger partial charge in [0, 0.05) is 12.6 Å². The molecular formula is C11H19NO. The Labute approximate surface area is 80.6 Å². The molecule has 0 radical (unpaired) electrons. The second-order valence-electron chi connectivity index (χ2n) is 4.49. The van der Waals surface area contributed by atoms with Gasteiger partial charge in [-0.05, 0) is 26.2 Å². The molecule has 0 aromatic heterocycles. The summed E-state index contributed by atoms with van der Waals surface area (Å²) in [7, 11) is 0. The summed E-state index contributed by atoms with van der Waals surface area (Å²) in [6, 6.07) is 1.05. The van der Waals surface area contributed by atoms with Crippen LogP contribution in [-0.2, 0) is 4.74 Å². The lowest BCUT2D eigenvalue weighted by Gasteiger charge is -2.39. The van der Waals surface area contributed by atoms with Gasteiger partial charge >= 0.3 is 0 Å². The maximum Gasteiger partial charge on any atom is 0.0770 e. The third-order valence-corrected chi connectivity index (χ3v) is 3.25. The Kier molecular flexibility index (Phi) is 2.43.